The fraction of sp³-hybridized carbons (Fsp3) is 0. The Bertz CT molecular complexity index is 8.00. The van der Waals surface area contributed by atoms with Crippen LogP contribution in [0.25, 0.3) is 0 Å². The van der Waals surface area contributed by atoms with Crippen LogP contribution in [0.3, 0.4) is 0 Å². The zero-order valence-electron chi connectivity index (χ0n) is 1.76. The van der Waals surface area contributed by atoms with Crippen LogP contribution in [0.1, 0.15) is 0 Å². The molecule has 0 aliphatic carbocycles. The van der Waals surface area contributed by atoms with Gasteiger partial charge in [-0.2, -0.15) is 0 Å². The second-order valence-corrected chi connectivity index (χ2v) is 0. The van der Waals surface area contributed by atoms with E-state index in [9.17, 15) is 0 Å². The molecule has 0 aliphatic rings. The number of hydrogen-bond donors (Lipinski definition) is 0. The van der Waals surface area contributed by atoms with Crippen molar-refractivity contribution in [2.45, 2.75) is 0 Å². The molecule has 0 aromatic rings. The van der Waals surface area contributed by atoms with Gasteiger partial charge in [-0.1, -0.05) is 0 Å². The standard InChI is InChI=1S/Bi.2O.Sn. The first-order valence-corrected chi connectivity index (χ1v) is 2.97. The molecule has 0 atom stereocenters. The molecule has 0 saturated carbocycles. The van der Waals surface area contributed by atoms with E-state index in [1.807, 2.05) is 0 Å². The average Bonchev–Trinajstić information content (AvgIpc) is 1.50. The van der Waals surface area contributed by atoms with Crippen LogP contribution in [0.2, 0.25) is 0 Å². The molecule has 0 unspecified atom stereocenters. The van der Waals surface area contributed by atoms with E-state index in [0.717, 1.165) is 0 Å². The summed E-state index contributed by atoms with van der Waals surface area (Å²) in [6.45, 7) is 0. The van der Waals surface area contributed by atoms with Crippen molar-refractivity contribution >= 4 is 47.2 Å². The average molecular weight is 360 g/mol. The topological polar surface area (TPSA) is 34.1 Å². The maximum atomic E-state index is 8.36. The molecule has 2 nitrogen and oxygen atoms in total. The van der Waals surface area contributed by atoms with Gasteiger partial charge in [-0.15, -0.1) is 0 Å². The Hall–Kier alpha value is 1.28. The second-order valence-electron chi connectivity index (χ2n) is 0. The van der Waals surface area contributed by atoms with E-state index in [4.69, 9.17) is 5.89 Å². The zero-order valence-corrected chi connectivity index (χ0v) is 8.09. The molecule has 0 aromatic heterocycles. The van der Waals surface area contributed by atoms with E-state index in [0.29, 0.717) is 22.5 Å². The van der Waals surface area contributed by atoms with Crippen molar-refractivity contribution in [1.29, 1.82) is 0 Å². The summed E-state index contributed by atoms with van der Waals surface area (Å²) in [6, 6.07) is 0. The summed E-state index contributed by atoms with van der Waals surface area (Å²) < 4.78 is 16.7. The van der Waals surface area contributed by atoms with Crippen molar-refractivity contribution in [2.24, 2.45) is 0 Å². The molecule has 0 rings (SSSR count). The summed E-state index contributed by atoms with van der Waals surface area (Å²) in [5, 5.41) is 0. The predicted molar refractivity (Wildman–Crippen MR) is 12.9 cm³/mol. The molecule has 0 aliphatic heterocycles. The second kappa shape index (κ2) is 28.1. The van der Waals surface area contributed by atoms with Crippen molar-refractivity contribution in [3.8, 4) is 0 Å². The van der Waals surface area contributed by atoms with E-state index < -0.39 is 0 Å². The molecular formula is BiO2Sn. The van der Waals surface area contributed by atoms with Crippen molar-refractivity contribution in [3.05, 3.63) is 0 Å². The Morgan fingerprint density at radius 1 is 1.25 bits per heavy atom. The minimum absolute atomic E-state index is 0.194. The number of rotatable bonds is 0. The van der Waals surface area contributed by atoms with Gasteiger partial charge in [0.25, 0.3) is 0 Å². The van der Waals surface area contributed by atoms with Gasteiger partial charge in [0.1, 0.15) is 0 Å². The normalized spacial score (nSPS) is 2.00. The van der Waals surface area contributed by atoms with E-state index >= 15 is 0 Å². The fourth-order valence-corrected chi connectivity index (χ4v) is 0. The first-order valence-electron chi connectivity index (χ1n) is 0.387. The van der Waals surface area contributed by atoms with Gasteiger partial charge < -0.3 is 0 Å². The molecule has 4 heavy (non-hydrogen) atoms. The third kappa shape index (κ3) is 10.4. The van der Waals surface area contributed by atoms with E-state index in [1.54, 1.807) is 0 Å². The maximum absolute atomic E-state index is 8.36. The van der Waals surface area contributed by atoms with Crippen LogP contribution in [-0.4, -0.2) is 47.2 Å². The molecule has 21 valence electrons. The van der Waals surface area contributed by atoms with Gasteiger partial charge in [0.05, 0.1) is 0 Å². The van der Waals surface area contributed by atoms with Crippen molar-refractivity contribution < 1.29 is 5.89 Å². The molecule has 3 radical (unpaired) electrons. The van der Waals surface area contributed by atoms with Gasteiger partial charge in [0.2, 0.25) is 0 Å². The molecule has 4 heteroatoms. The van der Waals surface area contributed by atoms with E-state index in [-0.39, 0.29) is 24.7 Å². The Kier molecular flexibility index (Phi) is 63.1. The van der Waals surface area contributed by atoms with Crippen molar-refractivity contribution in [1.82, 2.24) is 0 Å². The zero-order chi connectivity index (χ0) is 4.00. The van der Waals surface area contributed by atoms with Crippen molar-refractivity contribution in [2.75, 3.05) is 0 Å². The molecule has 0 amide bonds. The Labute approximate surface area is 52.7 Å². The summed E-state index contributed by atoms with van der Waals surface area (Å²) >= 11 is 0.494. The first-order chi connectivity index (χ1) is 2.00. The van der Waals surface area contributed by atoms with Crippen LogP contribution in [0, 0.1) is 0 Å². The van der Waals surface area contributed by atoms with Gasteiger partial charge in [-0.05, 0) is 0 Å². The summed E-state index contributed by atoms with van der Waals surface area (Å²) in [5.41, 5.74) is 0. The number of hydrogen-bond acceptors (Lipinski definition) is 2. The molecule has 0 aromatic carbocycles. The monoisotopic (exact) mass is 361 g/mol. The van der Waals surface area contributed by atoms with Gasteiger partial charge in [0, 0.05) is 0 Å². The van der Waals surface area contributed by atoms with Crippen LogP contribution in [-0.2, 0) is 5.89 Å². The molecule has 0 bridgehead atoms. The van der Waals surface area contributed by atoms with Crippen LogP contribution >= 0.6 is 0 Å². The molecular weight excluding hydrogens is 360 g/mol. The van der Waals surface area contributed by atoms with Gasteiger partial charge in [-0.25, -0.2) is 0 Å². The predicted octanol–water partition coefficient (Wildman–Crippen LogP) is -0.999. The van der Waals surface area contributed by atoms with Gasteiger partial charge in [0.15, 0.2) is 0 Å². The Morgan fingerprint density at radius 3 is 1.25 bits per heavy atom. The third-order valence-corrected chi connectivity index (χ3v) is 0. The Morgan fingerprint density at radius 2 is 1.25 bits per heavy atom. The van der Waals surface area contributed by atoms with Crippen LogP contribution in [0.15, 0.2) is 0 Å². The first kappa shape index (κ1) is 8.99. The molecule has 0 saturated heterocycles. The van der Waals surface area contributed by atoms with Gasteiger partial charge >= 0.3 is 53.1 Å². The molecule has 0 fully saturated rings. The van der Waals surface area contributed by atoms with E-state index in [2.05, 4.69) is 0 Å². The Balaban J connectivity index is 0. The SMILES string of the molecule is [O]=[Bi].[O]=[Sn]. The molecule has 0 N–H and O–H groups in total. The summed E-state index contributed by atoms with van der Waals surface area (Å²) in [5.74, 6) is 0. The fourth-order valence-electron chi connectivity index (χ4n) is 0. The van der Waals surface area contributed by atoms with Crippen molar-refractivity contribution in [3.63, 3.8) is 0 Å². The van der Waals surface area contributed by atoms with Crippen LogP contribution in [0.4, 0.5) is 0 Å². The van der Waals surface area contributed by atoms with E-state index in [1.165, 1.54) is 0 Å². The van der Waals surface area contributed by atoms with Crippen LogP contribution < -0.4 is 0 Å². The summed E-state index contributed by atoms with van der Waals surface area (Å²) in [7, 11) is 0. The van der Waals surface area contributed by atoms with Crippen LogP contribution in [0.5, 0.6) is 0 Å². The molecule has 0 spiro atoms. The third-order valence-electron chi connectivity index (χ3n) is 0. The quantitative estimate of drug-likeness (QED) is 0.520. The molecule has 0 heterocycles. The summed E-state index contributed by atoms with van der Waals surface area (Å²) in [6.07, 6.45) is 0. The summed E-state index contributed by atoms with van der Waals surface area (Å²) in [4.78, 5) is 0. The van der Waals surface area contributed by atoms with Gasteiger partial charge in [-0.3, -0.25) is 0 Å². The minimum atomic E-state index is 0.194.